The summed E-state index contributed by atoms with van der Waals surface area (Å²) in [6.45, 7) is 7.20. The lowest BCUT2D eigenvalue weighted by Crippen LogP contribution is -2.46. The number of methoxy groups -OCH3 is 1. The van der Waals surface area contributed by atoms with E-state index in [1.807, 2.05) is 18.2 Å². The Morgan fingerprint density at radius 3 is 2.48 bits per heavy atom. The topological polar surface area (TPSA) is 53.0 Å². The highest BCUT2D eigenvalue weighted by Gasteiger charge is 2.18. The van der Waals surface area contributed by atoms with Gasteiger partial charge < -0.3 is 9.84 Å². The van der Waals surface area contributed by atoms with Crippen LogP contribution >= 0.6 is 0 Å². The number of Topliss-reactive ketones (excluding diaryl/α,β-unsaturated/α-hetero) is 1. The number of ketones is 1. The van der Waals surface area contributed by atoms with Crippen molar-refractivity contribution in [1.29, 1.82) is 0 Å². The summed E-state index contributed by atoms with van der Waals surface area (Å²) in [5, 5.41) is 8.97. The molecule has 0 amide bonds. The fraction of sp³-hybridized carbons (Fsp3) is 0.562. The van der Waals surface area contributed by atoms with Crippen molar-refractivity contribution in [1.82, 2.24) is 9.80 Å². The fourth-order valence-corrected chi connectivity index (χ4v) is 2.67. The van der Waals surface area contributed by atoms with Gasteiger partial charge in [-0.15, -0.1) is 0 Å². The van der Waals surface area contributed by atoms with Crippen LogP contribution in [-0.4, -0.2) is 67.1 Å². The first-order valence-corrected chi connectivity index (χ1v) is 7.37. The van der Waals surface area contributed by atoms with Gasteiger partial charge in [-0.3, -0.25) is 14.6 Å². The average Bonchev–Trinajstić information content (AvgIpc) is 2.49. The highest BCUT2D eigenvalue weighted by molar-refractivity contribution is 5.94. The first-order chi connectivity index (χ1) is 10.1. The number of aliphatic hydroxyl groups is 1. The SMILES string of the molecule is COc1ccc(C(C)=O)cc1CN1CCN(CCO)CC1. The summed E-state index contributed by atoms with van der Waals surface area (Å²) in [7, 11) is 1.66. The van der Waals surface area contributed by atoms with Gasteiger partial charge in [-0.2, -0.15) is 0 Å². The Hall–Kier alpha value is -1.43. The van der Waals surface area contributed by atoms with Crippen molar-refractivity contribution < 1.29 is 14.6 Å². The van der Waals surface area contributed by atoms with Crippen molar-refractivity contribution in [2.45, 2.75) is 13.5 Å². The van der Waals surface area contributed by atoms with E-state index in [0.29, 0.717) is 0 Å². The van der Waals surface area contributed by atoms with Gasteiger partial charge in [0.15, 0.2) is 5.78 Å². The molecule has 116 valence electrons. The molecular weight excluding hydrogens is 268 g/mol. The van der Waals surface area contributed by atoms with Crippen LogP contribution < -0.4 is 4.74 Å². The van der Waals surface area contributed by atoms with Gasteiger partial charge in [-0.1, -0.05) is 0 Å². The number of hydrogen-bond acceptors (Lipinski definition) is 5. The Morgan fingerprint density at radius 2 is 1.90 bits per heavy atom. The van der Waals surface area contributed by atoms with Crippen LogP contribution in [0.2, 0.25) is 0 Å². The van der Waals surface area contributed by atoms with E-state index < -0.39 is 0 Å². The third-order valence-electron chi connectivity index (χ3n) is 3.96. The Bertz CT molecular complexity index is 482. The molecule has 1 saturated heterocycles. The Balaban J connectivity index is 2.02. The summed E-state index contributed by atoms with van der Waals surface area (Å²) in [4.78, 5) is 16.1. The van der Waals surface area contributed by atoms with E-state index in [9.17, 15) is 4.79 Å². The number of carbonyl (C=O) groups is 1. The molecule has 5 heteroatoms. The van der Waals surface area contributed by atoms with Crippen molar-refractivity contribution in [2.75, 3.05) is 46.4 Å². The molecule has 5 nitrogen and oxygen atoms in total. The summed E-state index contributed by atoms with van der Waals surface area (Å²) >= 11 is 0. The largest absolute Gasteiger partial charge is 0.496 e. The second-order valence-electron chi connectivity index (χ2n) is 5.42. The lowest BCUT2D eigenvalue weighted by Gasteiger charge is -2.34. The Labute approximate surface area is 126 Å². The highest BCUT2D eigenvalue weighted by Crippen LogP contribution is 2.22. The van der Waals surface area contributed by atoms with Gasteiger partial charge in [0.05, 0.1) is 13.7 Å². The molecule has 1 heterocycles. The molecule has 0 unspecified atom stereocenters. The Morgan fingerprint density at radius 1 is 1.24 bits per heavy atom. The van der Waals surface area contributed by atoms with Crippen LogP contribution in [0.1, 0.15) is 22.8 Å². The molecule has 0 spiro atoms. The zero-order valence-electron chi connectivity index (χ0n) is 12.8. The van der Waals surface area contributed by atoms with Gasteiger partial charge in [0.2, 0.25) is 0 Å². The van der Waals surface area contributed by atoms with Gasteiger partial charge in [-0.25, -0.2) is 0 Å². The van der Waals surface area contributed by atoms with Crippen molar-refractivity contribution >= 4 is 5.78 Å². The quantitative estimate of drug-likeness (QED) is 0.793. The summed E-state index contributed by atoms with van der Waals surface area (Å²) in [5.41, 5.74) is 1.78. The third kappa shape index (κ3) is 4.27. The third-order valence-corrected chi connectivity index (χ3v) is 3.96. The summed E-state index contributed by atoms with van der Waals surface area (Å²) in [6, 6.07) is 5.61. The number of rotatable bonds is 6. The smallest absolute Gasteiger partial charge is 0.159 e. The number of piperazine rings is 1. The number of carbonyl (C=O) groups excluding carboxylic acids is 1. The predicted octanol–water partition coefficient (Wildman–Crippen LogP) is 1.01. The molecule has 0 atom stereocenters. The molecular formula is C16H24N2O3. The normalized spacial score (nSPS) is 16.9. The molecule has 21 heavy (non-hydrogen) atoms. The lowest BCUT2D eigenvalue weighted by atomic mass is 10.1. The zero-order chi connectivity index (χ0) is 15.2. The molecule has 0 aliphatic carbocycles. The van der Waals surface area contributed by atoms with Crippen molar-refractivity contribution in [3.63, 3.8) is 0 Å². The van der Waals surface area contributed by atoms with E-state index in [1.54, 1.807) is 14.0 Å². The standard InChI is InChI=1S/C16H24N2O3/c1-13(20)14-3-4-16(21-2)15(11-14)12-18-7-5-17(6-8-18)9-10-19/h3-4,11,19H,5-10,12H2,1-2H3. The maximum atomic E-state index is 11.5. The molecule has 0 radical (unpaired) electrons. The van der Waals surface area contributed by atoms with Crippen LogP contribution in [0, 0.1) is 0 Å². The molecule has 1 N–H and O–H groups in total. The van der Waals surface area contributed by atoms with Gasteiger partial charge in [0.1, 0.15) is 5.75 Å². The number of aliphatic hydroxyl groups excluding tert-OH is 1. The van der Waals surface area contributed by atoms with Gasteiger partial charge in [0.25, 0.3) is 0 Å². The van der Waals surface area contributed by atoms with E-state index in [2.05, 4.69) is 9.80 Å². The first-order valence-electron chi connectivity index (χ1n) is 7.37. The molecule has 0 bridgehead atoms. The number of hydrogen-bond donors (Lipinski definition) is 1. The van der Waals surface area contributed by atoms with Crippen LogP contribution in [0.15, 0.2) is 18.2 Å². The molecule has 1 fully saturated rings. The average molecular weight is 292 g/mol. The number of nitrogens with zero attached hydrogens (tertiary/aromatic N) is 2. The van der Waals surface area contributed by atoms with Gasteiger partial charge in [0, 0.05) is 50.4 Å². The maximum Gasteiger partial charge on any atom is 0.159 e. The van der Waals surface area contributed by atoms with Crippen molar-refractivity contribution in [3.05, 3.63) is 29.3 Å². The molecule has 1 aromatic rings. The van der Waals surface area contributed by atoms with Gasteiger partial charge >= 0.3 is 0 Å². The van der Waals surface area contributed by atoms with Crippen LogP contribution in [0.25, 0.3) is 0 Å². The molecule has 0 aromatic heterocycles. The fourth-order valence-electron chi connectivity index (χ4n) is 2.67. The zero-order valence-corrected chi connectivity index (χ0v) is 12.8. The predicted molar refractivity (Wildman–Crippen MR) is 81.8 cm³/mol. The highest BCUT2D eigenvalue weighted by atomic mass is 16.5. The molecule has 0 saturated carbocycles. The number of β-amino-alcohol motifs (C(OH)–C–C–N with tert-alkyl or cyclic N) is 1. The second-order valence-corrected chi connectivity index (χ2v) is 5.42. The first kappa shape index (κ1) is 15.9. The number of ether oxygens (including phenoxy) is 1. The van der Waals surface area contributed by atoms with E-state index in [-0.39, 0.29) is 12.4 Å². The molecule has 1 aromatic carbocycles. The van der Waals surface area contributed by atoms with Crippen molar-refractivity contribution in [3.8, 4) is 5.75 Å². The second kappa shape index (κ2) is 7.54. The van der Waals surface area contributed by atoms with Gasteiger partial charge in [-0.05, 0) is 25.1 Å². The Kier molecular flexibility index (Phi) is 5.73. The van der Waals surface area contributed by atoms with Crippen LogP contribution in [-0.2, 0) is 6.54 Å². The van der Waals surface area contributed by atoms with Crippen LogP contribution in [0.5, 0.6) is 5.75 Å². The number of benzene rings is 1. The summed E-state index contributed by atoms with van der Waals surface area (Å²) in [5.74, 6) is 0.907. The summed E-state index contributed by atoms with van der Waals surface area (Å²) < 4.78 is 5.40. The van der Waals surface area contributed by atoms with E-state index in [4.69, 9.17) is 9.84 Å². The van der Waals surface area contributed by atoms with E-state index in [1.165, 1.54) is 0 Å². The lowest BCUT2D eigenvalue weighted by molar-refractivity contribution is 0.101. The molecule has 1 aliphatic rings. The maximum absolute atomic E-state index is 11.5. The minimum atomic E-state index is 0.0756. The van der Waals surface area contributed by atoms with E-state index >= 15 is 0 Å². The van der Waals surface area contributed by atoms with E-state index in [0.717, 1.165) is 56.1 Å². The molecule has 1 aliphatic heterocycles. The van der Waals surface area contributed by atoms with Crippen LogP contribution in [0.3, 0.4) is 0 Å². The van der Waals surface area contributed by atoms with Crippen molar-refractivity contribution in [2.24, 2.45) is 0 Å². The monoisotopic (exact) mass is 292 g/mol. The molecule has 2 rings (SSSR count). The summed E-state index contributed by atoms with van der Waals surface area (Å²) in [6.07, 6.45) is 0. The minimum absolute atomic E-state index is 0.0756. The van der Waals surface area contributed by atoms with Crippen LogP contribution in [0.4, 0.5) is 0 Å². The minimum Gasteiger partial charge on any atom is -0.496 e.